The fourth-order valence-electron chi connectivity index (χ4n) is 1.98. The van der Waals surface area contributed by atoms with Crippen LogP contribution in [0.1, 0.15) is 31.1 Å². The highest BCUT2D eigenvalue weighted by Gasteiger charge is 2.21. The van der Waals surface area contributed by atoms with Crippen LogP contribution < -0.4 is 5.32 Å². The van der Waals surface area contributed by atoms with Crippen molar-refractivity contribution in [1.82, 2.24) is 10.2 Å². The topological polar surface area (TPSA) is 37.6 Å². The second-order valence-corrected chi connectivity index (χ2v) is 5.24. The predicted octanol–water partition coefficient (Wildman–Crippen LogP) is 2.00. The first-order valence-electron chi connectivity index (χ1n) is 6.68. The molecule has 1 aliphatic rings. The molecule has 0 radical (unpaired) electrons. The number of rotatable bonds is 8. The maximum Gasteiger partial charge on any atom is 0.122 e. The molecule has 4 heteroatoms. The Hall–Kier alpha value is -0.840. The minimum atomic E-state index is 0.411. The van der Waals surface area contributed by atoms with E-state index < -0.39 is 0 Å². The minimum Gasteiger partial charge on any atom is -0.468 e. The molecule has 0 saturated heterocycles. The molecule has 1 aliphatic carbocycles. The van der Waals surface area contributed by atoms with E-state index in [-0.39, 0.29) is 0 Å². The zero-order valence-corrected chi connectivity index (χ0v) is 11.6. The van der Waals surface area contributed by atoms with E-state index in [1.807, 2.05) is 0 Å². The molecule has 0 aliphatic heterocycles. The second-order valence-electron chi connectivity index (χ2n) is 5.24. The molecule has 1 saturated carbocycles. The molecule has 0 amide bonds. The maximum absolute atomic E-state index is 5.56. The molecule has 1 N–H and O–H groups in total. The molecule has 1 heterocycles. The van der Waals surface area contributed by atoms with Crippen LogP contribution in [0.15, 0.2) is 16.7 Å². The first-order chi connectivity index (χ1) is 8.70. The van der Waals surface area contributed by atoms with Crippen LogP contribution in [0.2, 0.25) is 0 Å². The fraction of sp³-hybridized carbons (Fsp3) is 0.714. The Kier molecular flexibility index (Phi) is 4.80. The van der Waals surface area contributed by atoms with Crippen molar-refractivity contribution in [3.05, 3.63) is 23.7 Å². The van der Waals surface area contributed by atoms with Gasteiger partial charge in [0.25, 0.3) is 0 Å². The van der Waals surface area contributed by atoms with Gasteiger partial charge >= 0.3 is 0 Å². The van der Waals surface area contributed by atoms with E-state index in [0.717, 1.165) is 25.5 Å². The summed E-state index contributed by atoms with van der Waals surface area (Å²) < 4.78 is 10.7. The number of likely N-dealkylation sites (N-methyl/N-ethyl adjacent to an activating group) is 1. The molecule has 18 heavy (non-hydrogen) atoms. The van der Waals surface area contributed by atoms with Crippen molar-refractivity contribution in [2.75, 3.05) is 20.8 Å². The predicted molar refractivity (Wildman–Crippen MR) is 71.4 cm³/mol. The smallest absolute Gasteiger partial charge is 0.122 e. The van der Waals surface area contributed by atoms with Crippen LogP contribution in [0.3, 0.4) is 0 Å². The van der Waals surface area contributed by atoms with E-state index in [2.05, 4.69) is 30.3 Å². The monoisotopic (exact) mass is 252 g/mol. The minimum absolute atomic E-state index is 0.411. The van der Waals surface area contributed by atoms with Crippen LogP contribution in [0.4, 0.5) is 0 Å². The number of nitrogens with zero attached hydrogens (tertiary/aromatic N) is 1. The van der Waals surface area contributed by atoms with Gasteiger partial charge in [-0.15, -0.1) is 0 Å². The van der Waals surface area contributed by atoms with Gasteiger partial charge in [-0.25, -0.2) is 0 Å². The van der Waals surface area contributed by atoms with E-state index in [0.29, 0.717) is 12.1 Å². The lowest BCUT2D eigenvalue weighted by atomic mass is 10.2. The van der Waals surface area contributed by atoms with Gasteiger partial charge in [0.2, 0.25) is 0 Å². The van der Waals surface area contributed by atoms with Crippen LogP contribution in [-0.4, -0.2) is 37.7 Å². The molecule has 0 spiro atoms. The van der Waals surface area contributed by atoms with Gasteiger partial charge in [-0.1, -0.05) is 0 Å². The van der Waals surface area contributed by atoms with Crippen molar-refractivity contribution in [3.63, 3.8) is 0 Å². The van der Waals surface area contributed by atoms with E-state index in [9.17, 15) is 0 Å². The SMILES string of the molecule is COCC(C)N(C)Cc1ccoc1CNC1CC1. The number of ether oxygens (including phenoxy) is 1. The van der Waals surface area contributed by atoms with Crippen molar-refractivity contribution >= 4 is 0 Å². The Labute approximate surface area is 109 Å². The first-order valence-corrected chi connectivity index (χ1v) is 6.68. The summed E-state index contributed by atoms with van der Waals surface area (Å²) in [5.74, 6) is 1.07. The lowest BCUT2D eigenvalue weighted by Gasteiger charge is -2.23. The molecule has 4 nitrogen and oxygen atoms in total. The maximum atomic E-state index is 5.56. The van der Waals surface area contributed by atoms with Crippen molar-refractivity contribution in [3.8, 4) is 0 Å². The van der Waals surface area contributed by atoms with E-state index in [4.69, 9.17) is 9.15 Å². The number of furan rings is 1. The third-order valence-electron chi connectivity index (χ3n) is 3.55. The van der Waals surface area contributed by atoms with Crippen molar-refractivity contribution < 1.29 is 9.15 Å². The molecule has 1 aromatic rings. The van der Waals surface area contributed by atoms with Crippen molar-refractivity contribution in [1.29, 1.82) is 0 Å². The first kappa shape index (κ1) is 13.6. The van der Waals surface area contributed by atoms with E-state index >= 15 is 0 Å². The third kappa shape index (κ3) is 3.83. The second kappa shape index (κ2) is 6.36. The number of nitrogens with one attached hydrogen (secondary N) is 1. The van der Waals surface area contributed by atoms with Gasteiger partial charge in [-0.05, 0) is 32.9 Å². The Bertz CT molecular complexity index is 360. The summed E-state index contributed by atoms with van der Waals surface area (Å²) in [5, 5.41) is 3.49. The van der Waals surface area contributed by atoms with Gasteiger partial charge in [0.05, 0.1) is 19.4 Å². The standard InChI is InChI=1S/C14H24N2O2/c1-11(10-17-3)16(2)9-12-6-7-18-14(12)8-15-13-4-5-13/h6-7,11,13,15H,4-5,8-10H2,1-3H3. The normalized spacial score (nSPS) is 17.3. The zero-order chi connectivity index (χ0) is 13.0. The number of methoxy groups -OCH3 is 1. The van der Waals surface area contributed by atoms with Crippen molar-refractivity contribution in [2.45, 2.75) is 44.9 Å². The van der Waals surface area contributed by atoms with Crippen LogP contribution in [0, 0.1) is 0 Å². The molecule has 1 atom stereocenters. The lowest BCUT2D eigenvalue weighted by molar-refractivity contribution is 0.111. The Morgan fingerprint density at radius 1 is 1.56 bits per heavy atom. The van der Waals surface area contributed by atoms with E-state index in [1.165, 1.54) is 18.4 Å². The molecule has 0 bridgehead atoms. The molecular formula is C14H24N2O2. The number of hydrogen-bond donors (Lipinski definition) is 1. The van der Waals surface area contributed by atoms with Gasteiger partial charge in [-0.3, -0.25) is 4.90 Å². The zero-order valence-electron chi connectivity index (χ0n) is 11.6. The lowest BCUT2D eigenvalue weighted by Crippen LogP contribution is -2.32. The van der Waals surface area contributed by atoms with Gasteiger partial charge in [0.1, 0.15) is 5.76 Å². The molecule has 102 valence electrons. The molecular weight excluding hydrogens is 228 g/mol. The summed E-state index contributed by atoms with van der Waals surface area (Å²) in [6.07, 6.45) is 4.40. The largest absolute Gasteiger partial charge is 0.468 e. The Balaban J connectivity index is 1.85. The highest BCUT2D eigenvalue weighted by molar-refractivity contribution is 5.17. The molecule has 1 aromatic heterocycles. The van der Waals surface area contributed by atoms with Crippen LogP contribution in [0.5, 0.6) is 0 Å². The van der Waals surface area contributed by atoms with Crippen LogP contribution >= 0.6 is 0 Å². The Morgan fingerprint density at radius 2 is 2.33 bits per heavy atom. The highest BCUT2D eigenvalue weighted by Crippen LogP contribution is 2.21. The fourth-order valence-corrected chi connectivity index (χ4v) is 1.98. The number of hydrogen-bond acceptors (Lipinski definition) is 4. The Morgan fingerprint density at radius 3 is 3.00 bits per heavy atom. The summed E-state index contributed by atoms with van der Waals surface area (Å²) in [5.41, 5.74) is 1.27. The highest BCUT2D eigenvalue weighted by atomic mass is 16.5. The molecule has 2 rings (SSSR count). The van der Waals surface area contributed by atoms with Gasteiger partial charge < -0.3 is 14.5 Å². The van der Waals surface area contributed by atoms with Gasteiger partial charge in [-0.2, -0.15) is 0 Å². The van der Waals surface area contributed by atoms with Crippen LogP contribution in [0.25, 0.3) is 0 Å². The van der Waals surface area contributed by atoms with Gasteiger partial charge in [0.15, 0.2) is 0 Å². The molecule has 0 aromatic carbocycles. The molecule has 1 fully saturated rings. The summed E-state index contributed by atoms with van der Waals surface area (Å²) in [6.45, 7) is 4.68. The quantitative estimate of drug-likeness (QED) is 0.768. The summed E-state index contributed by atoms with van der Waals surface area (Å²) >= 11 is 0. The summed E-state index contributed by atoms with van der Waals surface area (Å²) in [4.78, 5) is 2.29. The molecule has 1 unspecified atom stereocenters. The third-order valence-corrected chi connectivity index (χ3v) is 3.55. The van der Waals surface area contributed by atoms with Gasteiger partial charge in [0, 0.05) is 31.3 Å². The summed E-state index contributed by atoms with van der Waals surface area (Å²) in [7, 11) is 3.86. The van der Waals surface area contributed by atoms with Crippen LogP contribution in [-0.2, 0) is 17.8 Å². The average molecular weight is 252 g/mol. The summed E-state index contributed by atoms with van der Waals surface area (Å²) in [6, 6.07) is 3.20. The van der Waals surface area contributed by atoms with E-state index in [1.54, 1.807) is 13.4 Å². The average Bonchev–Trinajstić information content (AvgIpc) is 3.08. The van der Waals surface area contributed by atoms with Crippen molar-refractivity contribution in [2.24, 2.45) is 0 Å².